The Kier molecular flexibility index (Phi) is 2.95. The fraction of sp³-hybridized carbons (Fsp3) is 0.364. The predicted molar refractivity (Wildman–Crippen MR) is 63.2 cm³/mol. The molecule has 0 spiro atoms. The minimum absolute atomic E-state index is 0.227. The second-order valence-corrected chi connectivity index (χ2v) is 4.58. The zero-order valence-electron chi connectivity index (χ0n) is 8.37. The van der Waals surface area contributed by atoms with E-state index in [2.05, 4.69) is 15.9 Å². The molecule has 0 saturated carbocycles. The third kappa shape index (κ3) is 2.15. The highest BCUT2D eigenvalue weighted by Gasteiger charge is 2.21. The lowest BCUT2D eigenvalue weighted by atomic mass is 10.2. The van der Waals surface area contributed by atoms with E-state index in [1.807, 2.05) is 23.1 Å². The van der Waals surface area contributed by atoms with E-state index in [0.717, 1.165) is 28.7 Å². The van der Waals surface area contributed by atoms with E-state index >= 15 is 0 Å². The molecule has 4 heteroatoms. The van der Waals surface area contributed by atoms with Crippen LogP contribution in [0, 0.1) is 0 Å². The first-order chi connectivity index (χ1) is 7.18. The van der Waals surface area contributed by atoms with Gasteiger partial charge in [0.1, 0.15) is 0 Å². The summed E-state index contributed by atoms with van der Waals surface area (Å²) in [5.74, 6) is 0.227. The molecule has 80 valence electrons. The molecule has 1 heterocycles. The maximum Gasteiger partial charge on any atom is 0.222 e. The number of hydrogen-bond acceptors (Lipinski definition) is 2. The molecule has 0 aromatic heterocycles. The van der Waals surface area contributed by atoms with Gasteiger partial charge in [-0.05, 0) is 18.6 Å². The lowest BCUT2D eigenvalue weighted by molar-refractivity contribution is -0.128. The van der Waals surface area contributed by atoms with Gasteiger partial charge in [0.2, 0.25) is 5.91 Å². The molecule has 2 rings (SSSR count). The number of amides is 1. The molecule has 0 aliphatic carbocycles. The summed E-state index contributed by atoms with van der Waals surface area (Å²) in [7, 11) is 0. The van der Waals surface area contributed by atoms with Crippen molar-refractivity contribution in [1.29, 1.82) is 0 Å². The summed E-state index contributed by atoms with van der Waals surface area (Å²) in [5.41, 5.74) is 7.62. The van der Waals surface area contributed by atoms with Crippen LogP contribution in [0.3, 0.4) is 0 Å². The van der Waals surface area contributed by atoms with E-state index in [1.165, 1.54) is 0 Å². The molecule has 1 aromatic rings. The summed E-state index contributed by atoms with van der Waals surface area (Å²) in [6.45, 7) is 1.46. The number of hydrogen-bond donors (Lipinski definition) is 1. The molecular formula is C11H13BrN2O. The van der Waals surface area contributed by atoms with Gasteiger partial charge in [-0.2, -0.15) is 0 Å². The van der Waals surface area contributed by atoms with E-state index in [-0.39, 0.29) is 5.91 Å². The average Bonchev–Trinajstić information content (AvgIpc) is 2.58. The van der Waals surface area contributed by atoms with Crippen molar-refractivity contribution in [1.82, 2.24) is 4.90 Å². The first-order valence-corrected chi connectivity index (χ1v) is 5.78. The average molecular weight is 269 g/mol. The smallest absolute Gasteiger partial charge is 0.222 e. The molecule has 1 aromatic carbocycles. The second-order valence-electron chi connectivity index (χ2n) is 3.73. The SMILES string of the molecule is Nc1cccc(Br)c1CN1CCCC1=O. The highest BCUT2D eigenvalue weighted by Crippen LogP contribution is 2.25. The van der Waals surface area contributed by atoms with Gasteiger partial charge in [-0.3, -0.25) is 4.79 Å². The Labute approximate surface area is 97.4 Å². The zero-order chi connectivity index (χ0) is 10.8. The molecule has 15 heavy (non-hydrogen) atoms. The van der Waals surface area contributed by atoms with Crippen molar-refractivity contribution in [3.63, 3.8) is 0 Å². The van der Waals surface area contributed by atoms with Gasteiger partial charge >= 0.3 is 0 Å². The number of anilines is 1. The van der Waals surface area contributed by atoms with Crippen LogP contribution in [0.2, 0.25) is 0 Å². The van der Waals surface area contributed by atoms with Crippen LogP contribution in [0.1, 0.15) is 18.4 Å². The Balaban J connectivity index is 2.20. The van der Waals surface area contributed by atoms with Crippen LogP contribution in [-0.2, 0) is 11.3 Å². The number of nitrogens with zero attached hydrogens (tertiary/aromatic N) is 1. The van der Waals surface area contributed by atoms with Gasteiger partial charge in [0.25, 0.3) is 0 Å². The number of nitrogen functional groups attached to an aromatic ring is 1. The Bertz CT molecular complexity index is 372. The van der Waals surface area contributed by atoms with E-state index in [0.29, 0.717) is 13.0 Å². The first-order valence-electron chi connectivity index (χ1n) is 4.99. The molecule has 1 aliphatic rings. The summed E-state index contributed by atoms with van der Waals surface area (Å²) in [4.78, 5) is 13.3. The van der Waals surface area contributed by atoms with Crippen LogP contribution in [0.15, 0.2) is 22.7 Å². The maximum atomic E-state index is 11.5. The summed E-state index contributed by atoms with van der Waals surface area (Å²) in [6, 6.07) is 5.71. The molecule has 3 nitrogen and oxygen atoms in total. The van der Waals surface area contributed by atoms with Crippen LogP contribution >= 0.6 is 15.9 Å². The minimum Gasteiger partial charge on any atom is -0.398 e. The number of likely N-dealkylation sites (tertiary alicyclic amines) is 1. The van der Waals surface area contributed by atoms with Crippen molar-refractivity contribution in [3.8, 4) is 0 Å². The van der Waals surface area contributed by atoms with Gasteiger partial charge in [0, 0.05) is 35.2 Å². The van der Waals surface area contributed by atoms with Crippen molar-refractivity contribution in [2.75, 3.05) is 12.3 Å². The quantitative estimate of drug-likeness (QED) is 0.836. The monoisotopic (exact) mass is 268 g/mol. The van der Waals surface area contributed by atoms with Gasteiger partial charge in [-0.25, -0.2) is 0 Å². The highest BCUT2D eigenvalue weighted by molar-refractivity contribution is 9.10. The van der Waals surface area contributed by atoms with Gasteiger partial charge in [-0.1, -0.05) is 22.0 Å². The zero-order valence-corrected chi connectivity index (χ0v) is 9.96. The third-order valence-electron chi connectivity index (χ3n) is 2.68. The second kappa shape index (κ2) is 4.23. The molecule has 0 radical (unpaired) electrons. The Morgan fingerprint density at radius 3 is 2.87 bits per heavy atom. The van der Waals surface area contributed by atoms with Crippen molar-refractivity contribution in [2.24, 2.45) is 0 Å². The van der Waals surface area contributed by atoms with Crippen LogP contribution in [0.4, 0.5) is 5.69 Å². The van der Waals surface area contributed by atoms with E-state index in [1.54, 1.807) is 0 Å². The summed E-state index contributed by atoms with van der Waals surface area (Å²) >= 11 is 3.46. The Hall–Kier alpha value is -1.03. The van der Waals surface area contributed by atoms with Crippen molar-refractivity contribution >= 4 is 27.5 Å². The van der Waals surface area contributed by atoms with Crippen molar-refractivity contribution in [2.45, 2.75) is 19.4 Å². The molecular weight excluding hydrogens is 256 g/mol. The number of nitrogens with two attached hydrogens (primary N) is 1. The molecule has 1 aliphatic heterocycles. The summed E-state index contributed by atoms with van der Waals surface area (Å²) < 4.78 is 0.974. The normalized spacial score (nSPS) is 16.1. The highest BCUT2D eigenvalue weighted by atomic mass is 79.9. The number of carbonyl (C=O) groups excluding carboxylic acids is 1. The fourth-order valence-corrected chi connectivity index (χ4v) is 2.31. The number of benzene rings is 1. The molecule has 0 atom stereocenters. The number of carbonyl (C=O) groups is 1. The largest absolute Gasteiger partial charge is 0.398 e. The van der Waals surface area contributed by atoms with Crippen LogP contribution in [-0.4, -0.2) is 17.4 Å². The van der Waals surface area contributed by atoms with Gasteiger partial charge in [-0.15, -0.1) is 0 Å². The molecule has 1 saturated heterocycles. The van der Waals surface area contributed by atoms with Gasteiger partial charge < -0.3 is 10.6 Å². The van der Waals surface area contributed by atoms with Crippen molar-refractivity contribution in [3.05, 3.63) is 28.2 Å². The minimum atomic E-state index is 0.227. The van der Waals surface area contributed by atoms with Crippen LogP contribution in [0.25, 0.3) is 0 Å². The van der Waals surface area contributed by atoms with Gasteiger partial charge in [0.05, 0.1) is 0 Å². The predicted octanol–water partition coefficient (Wildman–Crippen LogP) is 2.15. The molecule has 1 fully saturated rings. The van der Waals surface area contributed by atoms with Crippen LogP contribution in [0.5, 0.6) is 0 Å². The van der Waals surface area contributed by atoms with Gasteiger partial charge in [0.15, 0.2) is 0 Å². The summed E-state index contributed by atoms with van der Waals surface area (Å²) in [5, 5.41) is 0. The molecule has 0 bridgehead atoms. The van der Waals surface area contributed by atoms with Crippen molar-refractivity contribution < 1.29 is 4.79 Å². The summed E-state index contributed by atoms with van der Waals surface area (Å²) in [6.07, 6.45) is 1.63. The Morgan fingerprint density at radius 1 is 1.47 bits per heavy atom. The van der Waals surface area contributed by atoms with E-state index in [9.17, 15) is 4.79 Å². The third-order valence-corrected chi connectivity index (χ3v) is 3.42. The number of halogens is 1. The molecule has 2 N–H and O–H groups in total. The van der Waals surface area contributed by atoms with Crippen LogP contribution < -0.4 is 5.73 Å². The fourth-order valence-electron chi connectivity index (χ4n) is 1.80. The topological polar surface area (TPSA) is 46.3 Å². The molecule has 0 unspecified atom stereocenters. The maximum absolute atomic E-state index is 11.5. The van der Waals surface area contributed by atoms with E-state index in [4.69, 9.17) is 5.73 Å². The number of rotatable bonds is 2. The Morgan fingerprint density at radius 2 is 2.27 bits per heavy atom. The lowest BCUT2D eigenvalue weighted by Gasteiger charge is -2.17. The molecule has 1 amide bonds. The first kappa shape index (κ1) is 10.5. The van der Waals surface area contributed by atoms with E-state index < -0.39 is 0 Å². The lowest BCUT2D eigenvalue weighted by Crippen LogP contribution is -2.24. The standard InChI is InChI=1S/C11H13BrN2O/c12-9-3-1-4-10(13)8(9)7-14-6-2-5-11(14)15/h1,3-4H,2,5-7,13H2.